The predicted octanol–water partition coefficient (Wildman–Crippen LogP) is 7.95. The van der Waals surface area contributed by atoms with E-state index in [0.29, 0.717) is 22.0 Å². The maximum atomic E-state index is 14.1. The number of para-hydroxylation sites is 1. The van der Waals surface area contributed by atoms with Gasteiger partial charge in [0.1, 0.15) is 24.0 Å². The van der Waals surface area contributed by atoms with Gasteiger partial charge in [-0.25, -0.2) is 13.5 Å². The SMILES string of the molecule is Fc1ccc(-c2ccc(OCc3cc(C(F)(F)F)nn3-c3c(Cl)cccc3C3CC3)cc2)c(F)c1. The van der Waals surface area contributed by atoms with Crippen molar-refractivity contribution < 1.29 is 26.7 Å². The Kier molecular flexibility index (Phi) is 6.01. The van der Waals surface area contributed by atoms with Gasteiger partial charge < -0.3 is 4.74 Å². The Morgan fingerprint density at radius 1 is 0.971 bits per heavy atom. The lowest BCUT2D eigenvalue weighted by atomic mass is 10.1. The van der Waals surface area contributed by atoms with Crippen molar-refractivity contribution in [3.63, 3.8) is 0 Å². The third-order valence-corrected chi connectivity index (χ3v) is 6.11. The number of rotatable bonds is 6. The van der Waals surface area contributed by atoms with E-state index in [-0.39, 0.29) is 23.8 Å². The highest BCUT2D eigenvalue weighted by Crippen LogP contribution is 2.45. The van der Waals surface area contributed by atoms with Crippen LogP contribution < -0.4 is 4.74 Å². The second kappa shape index (κ2) is 9.00. The van der Waals surface area contributed by atoms with E-state index in [2.05, 4.69) is 5.10 Å². The maximum absolute atomic E-state index is 14.1. The van der Waals surface area contributed by atoms with Gasteiger partial charge in [0.05, 0.1) is 16.4 Å². The largest absolute Gasteiger partial charge is 0.487 e. The van der Waals surface area contributed by atoms with Crippen molar-refractivity contribution in [2.24, 2.45) is 0 Å². The van der Waals surface area contributed by atoms with Crippen molar-refractivity contribution in [1.29, 1.82) is 0 Å². The van der Waals surface area contributed by atoms with E-state index in [4.69, 9.17) is 16.3 Å². The molecule has 0 amide bonds. The molecule has 0 N–H and O–H groups in total. The maximum Gasteiger partial charge on any atom is 0.435 e. The summed E-state index contributed by atoms with van der Waals surface area (Å²) < 4.78 is 74.7. The number of aromatic nitrogens is 2. The molecule has 0 atom stereocenters. The molecule has 1 aliphatic carbocycles. The Labute approximate surface area is 202 Å². The highest BCUT2D eigenvalue weighted by atomic mass is 35.5. The van der Waals surface area contributed by atoms with E-state index >= 15 is 0 Å². The van der Waals surface area contributed by atoms with Crippen LogP contribution in [0.2, 0.25) is 5.02 Å². The second-order valence-corrected chi connectivity index (χ2v) is 8.73. The number of halogens is 6. The normalized spacial score (nSPS) is 13.8. The zero-order chi connectivity index (χ0) is 24.7. The molecule has 0 spiro atoms. The lowest BCUT2D eigenvalue weighted by Gasteiger charge is -2.15. The summed E-state index contributed by atoms with van der Waals surface area (Å²) in [5.41, 5.74) is 1.14. The molecule has 9 heteroatoms. The topological polar surface area (TPSA) is 27.1 Å². The fraction of sp³-hybridized carbons (Fsp3) is 0.192. The summed E-state index contributed by atoms with van der Waals surface area (Å²) in [6.07, 6.45) is -2.76. The zero-order valence-corrected chi connectivity index (χ0v) is 18.9. The molecule has 3 aromatic carbocycles. The van der Waals surface area contributed by atoms with E-state index in [1.165, 1.54) is 10.7 Å². The first kappa shape index (κ1) is 23.4. The van der Waals surface area contributed by atoms with Crippen LogP contribution in [-0.4, -0.2) is 9.78 Å². The summed E-state index contributed by atoms with van der Waals surface area (Å²) >= 11 is 6.41. The van der Waals surface area contributed by atoms with Crippen LogP contribution in [0.4, 0.5) is 22.0 Å². The van der Waals surface area contributed by atoms with Gasteiger partial charge in [-0.05, 0) is 66.3 Å². The Bertz CT molecular complexity index is 1380. The molecule has 0 aliphatic heterocycles. The van der Waals surface area contributed by atoms with Crippen molar-refractivity contribution in [3.8, 4) is 22.6 Å². The molecule has 0 bridgehead atoms. The summed E-state index contributed by atoms with van der Waals surface area (Å²) in [6, 6.07) is 15.8. The van der Waals surface area contributed by atoms with E-state index in [9.17, 15) is 22.0 Å². The van der Waals surface area contributed by atoms with Crippen molar-refractivity contribution in [1.82, 2.24) is 9.78 Å². The zero-order valence-electron chi connectivity index (χ0n) is 18.1. The molecule has 5 rings (SSSR count). The van der Waals surface area contributed by atoms with E-state index in [0.717, 1.165) is 36.6 Å². The second-order valence-electron chi connectivity index (χ2n) is 8.32. The van der Waals surface area contributed by atoms with Crippen molar-refractivity contribution in [2.75, 3.05) is 0 Å². The Balaban J connectivity index is 1.44. The monoisotopic (exact) mass is 504 g/mol. The molecule has 1 heterocycles. The Hall–Kier alpha value is -3.39. The van der Waals surface area contributed by atoms with Crippen molar-refractivity contribution in [3.05, 3.63) is 100 Å². The van der Waals surface area contributed by atoms with Crippen LogP contribution in [0.15, 0.2) is 66.7 Å². The van der Waals surface area contributed by atoms with Crippen LogP contribution in [-0.2, 0) is 12.8 Å². The van der Waals surface area contributed by atoms with E-state index < -0.39 is 23.5 Å². The molecular weight excluding hydrogens is 487 g/mol. The summed E-state index contributed by atoms with van der Waals surface area (Å²) in [6.45, 7) is -0.206. The molecule has 3 nitrogen and oxygen atoms in total. The van der Waals surface area contributed by atoms with Crippen molar-refractivity contribution >= 4 is 11.6 Å². The average molecular weight is 505 g/mol. The standard InChI is InChI=1S/C26H18ClF5N2O/c27-22-3-1-2-21(16-4-5-16)25(22)34-18(13-24(33-34)26(30,31)32)14-35-19-9-6-15(7-10-19)20-11-8-17(28)12-23(20)29/h1-3,6-13,16H,4-5,14H2. The van der Waals surface area contributed by atoms with Gasteiger partial charge in [0.2, 0.25) is 0 Å². The number of ether oxygens (including phenoxy) is 1. The lowest BCUT2D eigenvalue weighted by molar-refractivity contribution is -0.141. The summed E-state index contributed by atoms with van der Waals surface area (Å²) in [4.78, 5) is 0. The lowest BCUT2D eigenvalue weighted by Crippen LogP contribution is -2.10. The van der Waals surface area contributed by atoms with Gasteiger partial charge >= 0.3 is 6.18 Å². The molecule has 1 aliphatic rings. The van der Waals surface area contributed by atoms with Gasteiger partial charge in [-0.3, -0.25) is 0 Å². The molecule has 0 unspecified atom stereocenters. The minimum absolute atomic E-state index is 0.181. The molecule has 180 valence electrons. The first-order valence-electron chi connectivity index (χ1n) is 10.8. The molecular formula is C26H18ClF5N2O. The van der Waals surface area contributed by atoms with Crippen LogP contribution in [0, 0.1) is 11.6 Å². The predicted molar refractivity (Wildman–Crippen MR) is 122 cm³/mol. The molecule has 4 aromatic rings. The molecule has 1 saturated carbocycles. The minimum atomic E-state index is -4.64. The minimum Gasteiger partial charge on any atom is -0.487 e. The fourth-order valence-corrected chi connectivity index (χ4v) is 4.21. The van der Waals surface area contributed by atoms with E-state index in [1.807, 2.05) is 6.07 Å². The Morgan fingerprint density at radius 3 is 2.37 bits per heavy atom. The quantitative estimate of drug-likeness (QED) is 0.249. The van der Waals surface area contributed by atoms with Crippen molar-refractivity contribution in [2.45, 2.75) is 31.5 Å². The molecule has 0 radical (unpaired) electrons. The number of benzene rings is 3. The van der Waals surface area contributed by atoms with E-state index in [1.54, 1.807) is 36.4 Å². The van der Waals surface area contributed by atoms with Gasteiger partial charge in [0.25, 0.3) is 0 Å². The molecule has 1 aromatic heterocycles. The smallest absolute Gasteiger partial charge is 0.435 e. The van der Waals surface area contributed by atoms with Crippen LogP contribution >= 0.6 is 11.6 Å². The van der Waals surface area contributed by atoms with Gasteiger partial charge in [-0.15, -0.1) is 0 Å². The third kappa shape index (κ3) is 4.89. The van der Waals surface area contributed by atoms with Gasteiger partial charge in [0, 0.05) is 11.6 Å². The van der Waals surface area contributed by atoms with Gasteiger partial charge in [-0.2, -0.15) is 18.3 Å². The Morgan fingerprint density at radius 2 is 1.71 bits per heavy atom. The average Bonchev–Trinajstić information content (AvgIpc) is 3.56. The first-order valence-corrected chi connectivity index (χ1v) is 11.2. The molecule has 0 saturated heterocycles. The van der Waals surface area contributed by atoms with Gasteiger partial charge in [-0.1, -0.05) is 35.9 Å². The first-order chi connectivity index (χ1) is 16.7. The molecule has 1 fully saturated rings. The summed E-state index contributed by atoms with van der Waals surface area (Å²) in [7, 11) is 0. The summed E-state index contributed by atoms with van der Waals surface area (Å²) in [5, 5.41) is 4.13. The number of nitrogens with zero attached hydrogens (tertiary/aromatic N) is 2. The van der Waals surface area contributed by atoms with Crippen LogP contribution in [0.3, 0.4) is 0 Å². The fourth-order valence-electron chi connectivity index (χ4n) is 3.95. The van der Waals surface area contributed by atoms with Crippen LogP contribution in [0.25, 0.3) is 16.8 Å². The third-order valence-electron chi connectivity index (χ3n) is 5.80. The number of hydrogen-bond acceptors (Lipinski definition) is 2. The highest BCUT2D eigenvalue weighted by molar-refractivity contribution is 6.32. The van der Waals surface area contributed by atoms with Crippen LogP contribution in [0.5, 0.6) is 5.75 Å². The van der Waals surface area contributed by atoms with Gasteiger partial charge in [0.15, 0.2) is 5.69 Å². The molecule has 35 heavy (non-hydrogen) atoms. The highest BCUT2D eigenvalue weighted by Gasteiger charge is 2.36. The van der Waals surface area contributed by atoms with Crippen LogP contribution in [0.1, 0.15) is 35.7 Å². The summed E-state index contributed by atoms with van der Waals surface area (Å²) in [5.74, 6) is -0.785. The number of alkyl halides is 3. The number of hydrogen-bond donors (Lipinski definition) is 0.